The molecule has 1 heterocycles. The summed E-state index contributed by atoms with van der Waals surface area (Å²) in [4.78, 5) is 16.3. The lowest BCUT2D eigenvalue weighted by Gasteiger charge is -2.13. The van der Waals surface area contributed by atoms with Crippen molar-refractivity contribution in [2.45, 2.75) is 39.7 Å². The number of aromatic nitrogens is 3. The minimum Gasteiger partial charge on any atom is -0.348 e. The van der Waals surface area contributed by atoms with Gasteiger partial charge in [-0.05, 0) is 30.4 Å². The molecule has 118 valence electrons. The molecule has 0 saturated carbocycles. The van der Waals surface area contributed by atoms with Crippen molar-refractivity contribution in [2.24, 2.45) is 13.0 Å². The number of carbonyl (C=O) groups excluding carboxylic acids is 1. The lowest BCUT2D eigenvalue weighted by atomic mass is 9.96. The van der Waals surface area contributed by atoms with Crippen LogP contribution in [0.15, 0.2) is 30.6 Å². The highest BCUT2D eigenvalue weighted by Crippen LogP contribution is 2.17. The lowest BCUT2D eigenvalue weighted by molar-refractivity contribution is -0.122. The Bertz CT molecular complexity index is 616. The zero-order valence-electron chi connectivity index (χ0n) is 13.7. The van der Waals surface area contributed by atoms with Crippen molar-refractivity contribution in [3.05, 3.63) is 47.5 Å². The summed E-state index contributed by atoms with van der Waals surface area (Å²) in [7, 11) is 1.81. The number of hydrogen-bond donors (Lipinski definition) is 1. The highest BCUT2D eigenvalue weighted by molar-refractivity contribution is 5.83. The molecule has 5 heteroatoms. The molecule has 0 spiro atoms. The van der Waals surface area contributed by atoms with Crippen molar-refractivity contribution in [3.8, 4) is 0 Å². The molecule has 2 aromatic rings. The number of carbonyl (C=O) groups is 1. The maximum Gasteiger partial charge on any atom is 0.227 e. The van der Waals surface area contributed by atoms with E-state index in [0.29, 0.717) is 18.3 Å². The van der Waals surface area contributed by atoms with E-state index in [-0.39, 0.29) is 11.8 Å². The Morgan fingerprint density at radius 2 is 1.91 bits per heavy atom. The van der Waals surface area contributed by atoms with Crippen LogP contribution < -0.4 is 5.32 Å². The summed E-state index contributed by atoms with van der Waals surface area (Å²) in [5, 5.41) is 7.02. The van der Waals surface area contributed by atoms with Gasteiger partial charge in [-0.3, -0.25) is 9.48 Å². The monoisotopic (exact) mass is 300 g/mol. The number of hydrogen-bond acceptors (Lipinski definition) is 3. The van der Waals surface area contributed by atoms with Gasteiger partial charge >= 0.3 is 0 Å². The maximum absolute atomic E-state index is 12.2. The maximum atomic E-state index is 12.2. The molecule has 1 atom stereocenters. The highest BCUT2D eigenvalue weighted by atomic mass is 16.1. The normalized spacial score (nSPS) is 12.4. The number of benzene rings is 1. The number of amides is 1. The Kier molecular flexibility index (Phi) is 5.31. The average molecular weight is 300 g/mol. The Morgan fingerprint density at radius 1 is 1.23 bits per heavy atom. The van der Waals surface area contributed by atoms with Gasteiger partial charge in [0.1, 0.15) is 6.33 Å². The van der Waals surface area contributed by atoms with E-state index >= 15 is 0 Å². The Balaban J connectivity index is 1.92. The van der Waals surface area contributed by atoms with Gasteiger partial charge in [-0.2, -0.15) is 5.10 Å². The second-order valence-corrected chi connectivity index (χ2v) is 6.11. The van der Waals surface area contributed by atoms with E-state index < -0.39 is 0 Å². The van der Waals surface area contributed by atoms with Gasteiger partial charge < -0.3 is 5.32 Å². The van der Waals surface area contributed by atoms with Crippen LogP contribution in [0.3, 0.4) is 0 Å². The second-order valence-electron chi connectivity index (χ2n) is 6.11. The molecular formula is C17H24N4O. The molecule has 0 aliphatic rings. The van der Waals surface area contributed by atoms with Crippen molar-refractivity contribution >= 4 is 5.91 Å². The molecule has 22 heavy (non-hydrogen) atoms. The van der Waals surface area contributed by atoms with Gasteiger partial charge in [0.2, 0.25) is 5.91 Å². The van der Waals surface area contributed by atoms with Crippen molar-refractivity contribution in [1.29, 1.82) is 0 Å². The average Bonchev–Trinajstić information content (AvgIpc) is 2.90. The smallest absolute Gasteiger partial charge is 0.227 e. The van der Waals surface area contributed by atoms with Crippen LogP contribution in [0.4, 0.5) is 0 Å². The van der Waals surface area contributed by atoms with Crippen LogP contribution in [0.5, 0.6) is 0 Å². The van der Waals surface area contributed by atoms with Crippen molar-refractivity contribution in [2.75, 3.05) is 0 Å². The van der Waals surface area contributed by atoms with E-state index in [0.717, 1.165) is 12.0 Å². The molecule has 0 bridgehead atoms. The summed E-state index contributed by atoms with van der Waals surface area (Å²) >= 11 is 0. The van der Waals surface area contributed by atoms with Gasteiger partial charge in [0, 0.05) is 7.05 Å². The summed E-state index contributed by atoms with van der Waals surface area (Å²) in [5.41, 5.74) is 2.34. The lowest BCUT2D eigenvalue weighted by Crippen LogP contribution is -2.28. The standard InChI is InChI=1S/C17H24N4O/c1-12(2)9-14-5-7-15(8-6-14)13(3)17(22)18-10-16-19-11-21(4)20-16/h5-8,11-13H,9-10H2,1-4H3,(H,18,22)/t13-/m0/s1. The van der Waals surface area contributed by atoms with E-state index in [4.69, 9.17) is 0 Å². The first-order valence-corrected chi connectivity index (χ1v) is 7.66. The van der Waals surface area contributed by atoms with Crippen LogP contribution in [-0.2, 0) is 24.8 Å². The molecule has 1 N–H and O–H groups in total. The number of nitrogens with one attached hydrogen (secondary N) is 1. The number of aryl methyl sites for hydroxylation is 1. The molecule has 2 rings (SSSR count). The third-order valence-electron chi connectivity index (χ3n) is 3.58. The van der Waals surface area contributed by atoms with E-state index in [2.05, 4.69) is 41.4 Å². The number of rotatable bonds is 6. The summed E-state index contributed by atoms with van der Waals surface area (Å²) in [5.74, 6) is 1.06. The predicted octanol–water partition coefficient (Wildman–Crippen LogP) is 2.43. The molecule has 1 aromatic heterocycles. The van der Waals surface area contributed by atoms with Crippen LogP contribution in [-0.4, -0.2) is 20.7 Å². The van der Waals surface area contributed by atoms with Gasteiger partial charge in [-0.1, -0.05) is 38.1 Å². The third kappa shape index (κ3) is 4.41. The van der Waals surface area contributed by atoms with Gasteiger partial charge in [0.25, 0.3) is 0 Å². The molecule has 0 radical (unpaired) electrons. The fourth-order valence-corrected chi connectivity index (χ4v) is 2.35. The zero-order chi connectivity index (χ0) is 16.1. The van der Waals surface area contributed by atoms with Crippen LogP contribution in [0, 0.1) is 5.92 Å². The van der Waals surface area contributed by atoms with Crippen LogP contribution in [0.1, 0.15) is 43.6 Å². The van der Waals surface area contributed by atoms with Crippen molar-refractivity contribution in [3.63, 3.8) is 0 Å². The molecule has 0 aliphatic heterocycles. The van der Waals surface area contributed by atoms with Crippen LogP contribution >= 0.6 is 0 Å². The summed E-state index contributed by atoms with van der Waals surface area (Å²) in [6.07, 6.45) is 2.69. The minimum absolute atomic E-state index is 0.0101. The first kappa shape index (κ1) is 16.2. The van der Waals surface area contributed by atoms with Gasteiger partial charge in [-0.25, -0.2) is 4.98 Å². The molecule has 0 saturated heterocycles. The summed E-state index contributed by atoms with van der Waals surface area (Å²) in [6, 6.07) is 8.31. The van der Waals surface area contributed by atoms with E-state index in [1.54, 1.807) is 18.1 Å². The van der Waals surface area contributed by atoms with Crippen molar-refractivity contribution in [1.82, 2.24) is 20.1 Å². The highest BCUT2D eigenvalue weighted by Gasteiger charge is 2.15. The molecule has 5 nitrogen and oxygen atoms in total. The first-order chi connectivity index (χ1) is 10.5. The van der Waals surface area contributed by atoms with E-state index in [9.17, 15) is 4.79 Å². The fourth-order valence-electron chi connectivity index (χ4n) is 2.35. The largest absolute Gasteiger partial charge is 0.348 e. The summed E-state index contributed by atoms with van der Waals surface area (Å²) in [6.45, 7) is 6.68. The van der Waals surface area contributed by atoms with Gasteiger partial charge in [-0.15, -0.1) is 0 Å². The Labute approximate surface area is 131 Å². The molecule has 1 aromatic carbocycles. The SMILES string of the molecule is CC(C)Cc1ccc([C@H](C)C(=O)NCc2ncn(C)n2)cc1. The van der Waals surface area contributed by atoms with Crippen LogP contribution in [0.25, 0.3) is 0 Å². The Hall–Kier alpha value is -2.17. The molecular weight excluding hydrogens is 276 g/mol. The van der Waals surface area contributed by atoms with Crippen molar-refractivity contribution < 1.29 is 4.79 Å². The first-order valence-electron chi connectivity index (χ1n) is 7.66. The quantitative estimate of drug-likeness (QED) is 0.891. The third-order valence-corrected chi connectivity index (χ3v) is 3.58. The predicted molar refractivity (Wildman–Crippen MR) is 86.2 cm³/mol. The topological polar surface area (TPSA) is 59.8 Å². The molecule has 0 unspecified atom stereocenters. The van der Waals surface area contributed by atoms with Gasteiger partial charge in [0.15, 0.2) is 5.82 Å². The number of nitrogens with zero attached hydrogens (tertiary/aromatic N) is 3. The van der Waals surface area contributed by atoms with Crippen LogP contribution in [0.2, 0.25) is 0 Å². The molecule has 1 amide bonds. The fraction of sp³-hybridized carbons (Fsp3) is 0.471. The zero-order valence-corrected chi connectivity index (χ0v) is 13.7. The minimum atomic E-state index is -0.184. The Morgan fingerprint density at radius 3 is 2.45 bits per heavy atom. The second kappa shape index (κ2) is 7.20. The molecule has 0 aliphatic carbocycles. The molecule has 0 fully saturated rings. The van der Waals surface area contributed by atoms with E-state index in [1.807, 2.05) is 19.1 Å². The van der Waals surface area contributed by atoms with E-state index in [1.165, 1.54) is 5.56 Å². The van der Waals surface area contributed by atoms with Gasteiger partial charge in [0.05, 0.1) is 12.5 Å². The summed E-state index contributed by atoms with van der Waals surface area (Å²) < 4.78 is 1.62.